The number of hydrogen-bond donors (Lipinski definition) is 0. The van der Waals surface area contributed by atoms with Crippen LogP contribution >= 0.6 is 0 Å². The molecular weight excluding hydrogens is 759 g/mol. The second-order valence-electron chi connectivity index (χ2n) is 18.4. The summed E-state index contributed by atoms with van der Waals surface area (Å²) in [5.41, 5.74) is 24.3. The van der Waals surface area contributed by atoms with Gasteiger partial charge < -0.3 is 4.57 Å². The summed E-state index contributed by atoms with van der Waals surface area (Å²) in [7, 11) is 0. The quantitative estimate of drug-likeness (QED) is 0.168. The third-order valence-corrected chi connectivity index (χ3v) is 15.0. The van der Waals surface area contributed by atoms with E-state index < -0.39 is 5.41 Å². The zero-order valence-corrected chi connectivity index (χ0v) is 35.2. The Morgan fingerprint density at radius 3 is 1.76 bits per heavy atom. The van der Waals surface area contributed by atoms with Crippen LogP contribution in [0.25, 0.3) is 93.9 Å². The molecule has 1 atom stereocenters. The summed E-state index contributed by atoms with van der Waals surface area (Å²) < 4.78 is 2.47. The van der Waals surface area contributed by atoms with E-state index in [4.69, 9.17) is 0 Å². The second kappa shape index (κ2) is 12.4. The highest BCUT2D eigenvalue weighted by molar-refractivity contribution is 6.11. The molecule has 0 aliphatic heterocycles. The van der Waals surface area contributed by atoms with E-state index >= 15 is 0 Å². The Hall–Kier alpha value is -7.74. The second-order valence-corrected chi connectivity index (χ2v) is 18.4. The van der Waals surface area contributed by atoms with E-state index in [1.54, 1.807) is 0 Å². The van der Waals surface area contributed by atoms with Crippen molar-refractivity contribution in [3.05, 3.63) is 246 Å². The van der Waals surface area contributed by atoms with Gasteiger partial charge in [-0.1, -0.05) is 178 Å². The van der Waals surface area contributed by atoms with E-state index in [0.29, 0.717) is 0 Å². The van der Waals surface area contributed by atoms with Crippen molar-refractivity contribution in [3.63, 3.8) is 0 Å². The lowest BCUT2D eigenvalue weighted by atomic mass is 9.70. The Labute approximate surface area is 367 Å². The van der Waals surface area contributed by atoms with Crippen LogP contribution in [0, 0.1) is 0 Å². The Morgan fingerprint density at radius 1 is 0.317 bits per heavy atom. The molecule has 1 aromatic heterocycles. The summed E-state index contributed by atoms with van der Waals surface area (Å²) in [6, 6.07) is 80.1. The van der Waals surface area contributed by atoms with Gasteiger partial charge in [0.2, 0.25) is 0 Å². The van der Waals surface area contributed by atoms with Gasteiger partial charge >= 0.3 is 0 Å². The molecule has 11 aromatic rings. The Morgan fingerprint density at radius 2 is 0.921 bits per heavy atom. The van der Waals surface area contributed by atoms with Crippen molar-refractivity contribution in [1.82, 2.24) is 4.57 Å². The lowest BCUT2D eigenvalue weighted by Gasteiger charge is -2.30. The molecule has 1 unspecified atom stereocenters. The van der Waals surface area contributed by atoms with Gasteiger partial charge in [-0.2, -0.15) is 0 Å². The van der Waals surface area contributed by atoms with Crippen molar-refractivity contribution < 1.29 is 0 Å². The van der Waals surface area contributed by atoms with E-state index in [-0.39, 0.29) is 5.41 Å². The molecule has 0 saturated carbocycles. The van der Waals surface area contributed by atoms with Crippen molar-refractivity contribution >= 4 is 32.6 Å². The summed E-state index contributed by atoms with van der Waals surface area (Å²) >= 11 is 0. The molecule has 0 radical (unpaired) electrons. The molecule has 3 aliphatic carbocycles. The number of rotatable bonds is 3. The van der Waals surface area contributed by atoms with E-state index in [9.17, 15) is 0 Å². The largest absolute Gasteiger partial charge is 0.309 e. The minimum absolute atomic E-state index is 0.211. The topological polar surface area (TPSA) is 4.93 Å². The monoisotopic (exact) mass is 799 g/mol. The van der Waals surface area contributed by atoms with Gasteiger partial charge in [-0.05, 0) is 148 Å². The normalized spacial score (nSPS) is 16.0. The average molecular weight is 800 g/mol. The van der Waals surface area contributed by atoms with Crippen LogP contribution in [-0.2, 0) is 10.8 Å². The maximum atomic E-state index is 2.51. The first kappa shape index (κ1) is 34.9. The van der Waals surface area contributed by atoms with Crippen LogP contribution in [0.15, 0.2) is 212 Å². The molecule has 0 saturated heterocycles. The molecule has 0 N–H and O–H groups in total. The van der Waals surface area contributed by atoms with Gasteiger partial charge in [0, 0.05) is 21.9 Å². The van der Waals surface area contributed by atoms with Gasteiger partial charge in [0.1, 0.15) is 0 Å². The first-order valence-corrected chi connectivity index (χ1v) is 22.3. The third kappa shape index (κ3) is 4.51. The fraction of sp³-hybridized carbons (Fsp3) is 0.0645. The molecule has 1 heterocycles. The third-order valence-electron chi connectivity index (χ3n) is 15.0. The summed E-state index contributed by atoms with van der Waals surface area (Å²) in [4.78, 5) is 0. The highest BCUT2D eigenvalue weighted by Crippen LogP contribution is 2.64. The summed E-state index contributed by atoms with van der Waals surface area (Å²) in [5.74, 6) is 0. The van der Waals surface area contributed by atoms with Crippen molar-refractivity contribution in [1.29, 1.82) is 0 Å². The Kier molecular flexibility index (Phi) is 6.89. The number of hydrogen-bond acceptors (Lipinski definition) is 0. The molecule has 0 amide bonds. The lowest BCUT2D eigenvalue weighted by Crippen LogP contribution is -2.25. The SMILES string of the molecule is CC1(C)c2cc(-c3cccc4c3-c3ccccc3C43c4ccccc4-c4cc5ccccc5cc43)ccc2-c2ccc(-n3c4ccccc4c4cc(-c5ccccc5)ccc43)cc21. The predicted molar refractivity (Wildman–Crippen MR) is 263 cm³/mol. The maximum absolute atomic E-state index is 2.51. The minimum Gasteiger partial charge on any atom is -0.309 e. The lowest BCUT2D eigenvalue weighted by molar-refractivity contribution is 0.660. The van der Waals surface area contributed by atoms with Crippen molar-refractivity contribution in [2.24, 2.45) is 0 Å². The van der Waals surface area contributed by atoms with Crippen LogP contribution in [0.4, 0.5) is 0 Å². The molecule has 1 spiro atoms. The van der Waals surface area contributed by atoms with Crippen LogP contribution in [-0.4, -0.2) is 4.57 Å². The molecule has 10 aromatic carbocycles. The molecule has 294 valence electrons. The van der Waals surface area contributed by atoms with Crippen molar-refractivity contribution in [2.45, 2.75) is 24.7 Å². The molecule has 63 heavy (non-hydrogen) atoms. The number of benzene rings is 10. The van der Waals surface area contributed by atoms with E-state index in [1.807, 2.05) is 0 Å². The molecule has 0 fully saturated rings. The summed E-state index contributed by atoms with van der Waals surface area (Å²) in [6.45, 7) is 4.83. The first-order chi connectivity index (χ1) is 31.0. The average Bonchev–Trinajstić information content (AvgIpc) is 4.00. The van der Waals surface area contributed by atoms with Crippen LogP contribution < -0.4 is 0 Å². The van der Waals surface area contributed by atoms with Crippen LogP contribution in [0.2, 0.25) is 0 Å². The number of nitrogens with zero attached hydrogens (tertiary/aromatic N) is 1. The van der Waals surface area contributed by atoms with Crippen LogP contribution in [0.3, 0.4) is 0 Å². The fourth-order valence-electron chi connectivity index (χ4n) is 12.2. The van der Waals surface area contributed by atoms with E-state index in [0.717, 1.165) is 0 Å². The number of para-hydroxylation sites is 1. The zero-order chi connectivity index (χ0) is 41.6. The molecule has 0 bridgehead atoms. The van der Waals surface area contributed by atoms with Gasteiger partial charge in [0.25, 0.3) is 0 Å². The van der Waals surface area contributed by atoms with Crippen molar-refractivity contribution in [2.75, 3.05) is 0 Å². The zero-order valence-electron chi connectivity index (χ0n) is 35.2. The van der Waals surface area contributed by atoms with Gasteiger partial charge in [-0.15, -0.1) is 0 Å². The Bertz CT molecular complexity index is 3770. The Balaban J connectivity index is 0.924. The highest BCUT2D eigenvalue weighted by atomic mass is 15.0. The van der Waals surface area contributed by atoms with Crippen LogP contribution in [0.1, 0.15) is 47.2 Å². The maximum Gasteiger partial charge on any atom is 0.0725 e. The summed E-state index contributed by atoms with van der Waals surface area (Å²) in [6.07, 6.45) is 0. The van der Waals surface area contributed by atoms with Gasteiger partial charge in [-0.25, -0.2) is 0 Å². The highest BCUT2D eigenvalue weighted by Gasteiger charge is 2.52. The number of aromatic nitrogens is 1. The molecule has 1 nitrogen and oxygen atoms in total. The summed E-state index contributed by atoms with van der Waals surface area (Å²) in [5, 5.41) is 5.11. The minimum atomic E-state index is -0.406. The molecular formula is C62H41N. The van der Waals surface area contributed by atoms with E-state index in [1.165, 1.54) is 127 Å². The molecule has 14 rings (SSSR count). The first-order valence-electron chi connectivity index (χ1n) is 22.3. The molecule has 3 aliphatic rings. The smallest absolute Gasteiger partial charge is 0.0725 e. The van der Waals surface area contributed by atoms with Crippen molar-refractivity contribution in [3.8, 4) is 61.3 Å². The molecule has 1 heteroatoms. The van der Waals surface area contributed by atoms with Gasteiger partial charge in [0.05, 0.1) is 16.4 Å². The van der Waals surface area contributed by atoms with Gasteiger partial charge in [-0.3, -0.25) is 0 Å². The van der Waals surface area contributed by atoms with Crippen LogP contribution in [0.5, 0.6) is 0 Å². The van der Waals surface area contributed by atoms with Gasteiger partial charge in [0.15, 0.2) is 0 Å². The number of fused-ring (bicyclic) bond motifs is 17. The fourth-order valence-corrected chi connectivity index (χ4v) is 12.2. The van der Waals surface area contributed by atoms with E-state index in [2.05, 4.69) is 231 Å². The predicted octanol–water partition coefficient (Wildman–Crippen LogP) is 15.9. The standard InChI is InChI=1S/C62H41N/c1-61(2)55-36-42(27-30-46(55)47-31-29-43(37-56(47)61)63-58-26-13-10-20-48(58)51-34-41(28-32-59(51)63)38-15-4-3-5-16-38)44-22-14-25-54-60(44)49-21-9-12-24-53(49)62(54)52-23-11-8-19-45(52)50-33-39-17-6-7-18-40(39)35-57(50)62/h3-37H,1-2H3.